The number of sulfonamides is 1. The van der Waals surface area contributed by atoms with E-state index in [9.17, 15) is 8.42 Å². The maximum atomic E-state index is 12.5. The summed E-state index contributed by atoms with van der Waals surface area (Å²) in [5.41, 5.74) is 0.827. The van der Waals surface area contributed by atoms with Crippen molar-refractivity contribution in [2.45, 2.75) is 24.3 Å². The summed E-state index contributed by atoms with van der Waals surface area (Å²) < 4.78 is 27.7. The van der Waals surface area contributed by atoms with Crippen LogP contribution in [0.3, 0.4) is 0 Å². The number of benzene rings is 2. The Hall–Kier alpha value is -0.780. The van der Waals surface area contributed by atoms with Crippen molar-refractivity contribution in [2.24, 2.45) is 0 Å². The molecule has 3 nitrogen and oxygen atoms in total. The zero-order chi connectivity index (χ0) is 16.3. The van der Waals surface area contributed by atoms with E-state index in [0.717, 1.165) is 5.56 Å². The van der Waals surface area contributed by atoms with E-state index in [0.29, 0.717) is 16.5 Å². The summed E-state index contributed by atoms with van der Waals surface area (Å²) in [6.45, 7) is 1.89. The molecule has 0 spiro atoms. The normalized spacial score (nSPS) is 13.1. The van der Waals surface area contributed by atoms with E-state index < -0.39 is 10.0 Å². The third-order valence-electron chi connectivity index (χ3n) is 3.16. The minimum atomic E-state index is -3.78. The van der Waals surface area contributed by atoms with Gasteiger partial charge in [-0.1, -0.05) is 53.9 Å². The molecule has 0 saturated carbocycles. The second-order valence-corrected chi connectivity index (χ2v) is 7.67. The SMILES string of the molecule is CCC(NS(=O)(=O)c1cc(Cl)ccc1Cl)c1ccc(Cl)cc1. The first-order chi connectivity index (χ1) is 10.3. The van der Waals surface area contributed by atoms with E-state index in [1.807, 2.05) is 6.92 Å². The number of nitrogens with one attached hydrogen (secondary N) is 1. The minimum absolute atomic E-state index is 0.0333. The van der Waals surface area contributed by atoms with Crippen LogP contribution in [0.2, 0.25) is 15.1 Å². The van der Waals surface area contributed by atoms with Gasteiger partial charge in [-0.05, 0) is 42.3 Å². The predicted octanol–water partition coefficient (Wildman–Crippen LogP) is 5.08. The molecule has 7 heteroatoms. The highest BCUT2D eigenvalue weighted by molar-refractivity contribution is 7.89. The second kappa shape index (κ2) is 7.20. The number of halogens is 3. The van der Waals surface area contributed by atoms with Crippen LogP contribution in [0, 0.1) is 0 Å². The van der Waals surface area contributed by atoms with Crippen LogP contribution in [-0.2, 0) is 10.0 Å². The molecule has 1 unspecified atom stereocenters. The molecular formula is C15H14Cl3NO2S. The van der Waals surface area contributed by atoms with Gasteiger partial charge in [0.2, 0.25) is 10.0 Å². The summed E-state index contributed by atoms with van der Waals surface area (Å²) in [6.07, 6.45) is 0.582. The van der Waals surface area contributed by atoms with Crippen LogP contribution >= 0.6 is 34.8 Å². The molecular weight excluding hydrogens is 365 g/mol. The quantitative estimate of drug-likeness (QED) is 0.789. The molecule has 1 atom stereocenters. The van der Waals surface area contributed by atoms with E-state index in [4.69, 9.17) is 34.8 Å². The van der Waals surface area contributed by atoms with Gasteiger partial charge in [0.1, 0.15) is 4.90 Å². The minimum Gasteiger partial charge on any atom is -0.207 e. The van der Waals surface area contributed by atoms with Gasteiger partial charge in [-0.3, -0.25) is 0 Å². The average Bonchev–Trinajstić information content (AvgIpc) is 2.48. The molecule has 0 radical (unpaired) electrons. The van der Waals surface area contributed by atoms with Crippen molar-refractivity contribution in [2.75, 3.05) is 0 Å². The maximum Gasteiger partial charge on any atom is 0.242 e. The van der Waals surface area contributed by atoms with E-state index in [2.05, 4.69) is 4.72 Å². The Bertz CT molecular complexity index is 761. The maximum absolute atomic E-state index is 12.5. The topological polar surface area (TPSA) is 46.2 Å². The van der Waals surface area contributed by atoms with Crippen molar-refractivity contribution < 1.29 is 8.42 Å². The van der Waals surface area contributed by atoms with E-state index in [1.165, 1.54) is 12.1 Å². The van der Waals surface area contributed by atoms with Crippen LogP contribution in [0.5, 0.6) is 0 Å². The van der Waals surface area contributed by atoms with Gasteiger partial charge >= 0.3 is 0 Å². The fraction of sp³-hybridized carbons (Fsp3) is 0.200. The van der Waals surface area contributed by atoms with Crippen LogP contribution < -0.4 is 4.72 Å². The molecule has 2 aromatic carbocycles. The lowest BCUT2D eigenvalue weighted by molar-refractivity contribution is 0.550. The van der Waals surface area contributed by atoms with Crippen molar-refractivity contribution >= 4 is 44.8 Å². The average molecular weight is 379 g/mol. The van der Waals surface area contributed by atoms with E-state index in [1.54, 1.807) is 30.3 Å². The fourth-order valence-electron chi connectivity index (χ4n) is 2.02. The van der Waals surface area contributed by atoms with Gasteiger partial charge in [-0.2, -0.15) is 0 Å². The van der Waals surface area contributed by atoms with E-state index >= 15 is 0 Å². The van der Waals surface area contributed by atoms with E-state index in [-0.39, 0.29) is 16.0 Å². The molecule has 0 fully saturated rings. The Morgan fingerprint density at radius 1 is 1.00 bits per heavy atom. The smallest absolute Gasteiger partial charge is 0.207 e. The van der Waals surface area contributed by atoms with Crippen molar-refractivity contribution in [3.05, 3.63) is 63.1 Å². The Morgan fingerprint density at radius 2 is 1.59 bits per heavy atom. The summed E-state index contributed by atoms with van der Waals surface area (Å²) in [5.74, 6) is 0. The zero-order valence-electron chi connectivity index (χ0n) is 11.7. The number of hydrogen-bond acceptors (Lipinski definition) is 2. The third kappa shape index (κ3) is 4.15. The molecule has 0 bridgehead atoms. The number of hydrogen-bond donors (Lipinski definition) is 1. The molecule has 0 aromatic heterocycles. The van der Waals surface area contributed by atoms with Gasteiger partial charge in [-0.25, -0.2) is 13.1 Å². The van der Waals surface area contributed by atoms with Crippen molar-refractivity contribution in [1.82, 2.24) is 4.72 Å². The van der Waals surface area contributed by atoms with Gasteiger partial charge in [0.05, 0.1) is 5.02 Å². The zero-order valence-corrected chi connectivity index (χ0v) is 14.8. The Balaban J connectivity index is 2.33. The highest BCUT2D eigenvalue weighted by Crippen LogP contribution is 2.27. The summed E-state index contributed by atoms with van der Waals surface area (Å²) >= 11 is 17.7. The molecule has 0 heterocycles. The van der Waals surface area contributed by atoms with Crippen LogP contribution in [0.15, 0.2) is 47.4 Å². The Morgan fingerprint density at radius 3 is 2.18 bits per heavy atom. The Labute approximate surface area is 145 Å². The molecule has 1 N–H and O–H groups in total. The lowest BCUT2D eigenvalue weighted by Gasteiger charge is -2.18. The highest BCUT2D eigenvalue weighted by atomic mass is 35.5. The first-order valence-electron chi connectivity index (χ1n) is 6.56. The highest BCUT2D eigenvalue weighted by Gasteiger charge is 2.23. The first kappa shape index (κ1) is 17.6. The molecule has 0 aliphatic carbocycles. The summed E-state index contributed by atoms with van der Waals surface area (Å²) in [6, 6.07) is 11.0. The standard InChI is InChI=1S/C15H14Cl3NO2S/c1-2-14(10-3-5-11(16)6-4-10)19-22(20,21)15-9-12(17)7-8-13(15)18/h3-9,14,19H,2H2,1H3. The monoisotopic (exact) mass is 377 g/mol. The summed E-state index contributed by atoms with van der Waals surface area (Å²) in [4.78, 5) is -0.0333. The fourth-order valence-corrected chi connectivity index (χ4v) is 4.21. The Kier molecular flexibility index (Phi) is 5.75. The predicted molar refractivity (Wildman–Crippen MR) is 91.3 cm³/mol. The van der Waals surface area contributed by atoms with Crippen LogP contribution in [0.25, 0.3) is 0 Å². The van der Waals surface area contributed by atoms with Gasteiger partial charge < -0.3 is 0 Å². The lowest BCUT2D eigenvalue weighted by Crippen LogP contribution is -2.28. The molecule has 0 aliphatic rings. The van der Waals surface area contributed by atoms with Gasteiger partial charge in [-0.15, -0.1) is 0 Å². The van der Waals surface area contributed by atoms with Crippen LogP contribution in [-0.4, -0.2) is 8.42 Å². The molecule has 0 aliphatic heterocycles. The first-order valence-corrected chi connectivity index (χ1v) is 9.18. The largest absolute Gasteiger partial charge is 0.242 e. The van der Waals surface area contributed by atoms with Crippen LogP contribution in [0.1, 0.15) is 24.9 Å². The lowest BCUT2D eigenvalue weighted by atomic mass is 10.1. The third-order valence-corrected chi connectivity index (χ3v) is 5.60. The van der Waals surface area contributed by atoms with Crippen molar-refractivity contribution in [1.29, 1.82) is 0 Å². The molecule has 22 heavy (non-hydrogen) atoms. The molecule has 0 amide bonds. The van der Waals surface area contributed by atoms with Gasteiger partial charge in [0, 0.05) is 16.1 Å². The van der Waals surface area contributed by atoms with Gasteiger partial charge in [0.25, 0.3) is 0 Å². The van der Waals surface area contributed by atoms with Crippen molar-refractivity contribution in [3.8, 4) is 0 Å². The second-order valence-electron chi connectivity index (χ2n) is 4.71. The number of rotatable bonds is 5. The summed E-state index contributed by atoms with van der Waals surface area (Å²) in [7, 11) is -3.78. The molecule has 118 valence electrons. The van der Waals surface area contributed by atoms with Crippen LogP contribution in [0.4, 0.5) is 0 Å². The van der Waals surface area contributed by atoms with Gasteiger partial charge in [0.15, 0.2) is 0 Å². The summed E-state index contributed by atoms with van der Waals surface area (Å²) in [5, 5.41) is 1.03. The molecule has 2 aromatic rings. The molecule has 2 rings (SSSR count). The van der Waals surface area contributed by atoms with Crippen molar-refractivity contribution in [3.63, 3.8) is 0 Å². The molecule has 0 saturated heterocycles.